The molecule has 1 aromatic rings. The Labute approximate surface area is 135 Å². The molecule has 1 fully saturated rings. The first-order valence-corrected chi connectivity index (χ1v) is 8.73. The Morgan fingerprint density at radius 1 is 1.10 bits per heavy atom. The van der Waals surface area contributed by atoms with Crippen molar-refractivity contribution in [1.82, 2.24) is 4.90 Å². The van der Waals surface area contributed by atoms with Crippen molar-refractivity contribution < 1.29 is 4.74 Å². The lowest BCUT2D eigenvalue weighted by molar-refractivity contribution is 0.255. The molecule has 0 amide bonds. The minimum atomic E-state index is 0.727. The van der Waals surface area contributed by atoms with Crippen LogP contribution in [-0.4, -0.2) is 31.1 Å². The van der Waals surface area contributed by atoms with Crippen LogP contribution in [0.25, 0.3) is 0 Å². The van der Waals surface area contributed by atoms with E-state index in [1.54, 1.807) is 0 Å². The van der Waals surface area contributed by atoms with E-state index in [2.05, 4.69) is 20.8 Å². The number of ether oxygens (including phenoxy) is 1. The molecule has 0 radical (unpaired) electrons. The molecule has 1 heterocycles. The van der Waals surface area contributed by atoms with E-state index >= 15 is 0 Å². The van der Waals surface area contributed by atoms with Crippen molar-refractivity contribution in [3.8, 4) is 5.75 Å². The number of hydrogen-bond donors (Lipinski definition) is 0. The summed E-state index contributed by atoms with van der Waals surface area (Å²) in [6.07, 6.45) is 7.87. The quantitative estimate of drug-likeness (QED) is 0.651. The van der Waals surface area contributed by atoms with Gasteiger partial charge in [0, 0.05) is 5.02 Å². The van der Waals surface area contributed by atoms with Crippen molar-refractivity contribution in [1.29, 1.82) is 0 Å². The fourth-order valence-electron chi connectivity index (χ4n) is 2.57. The Balaban J connectivity index is 1.61. The number of nitrogens with zero attached hydrogens (tertiary/aromatic N) is 1. The maximum atomic E-state index is 5.91. The van der Waals surface area contributed by atoms with E-state index in [0.29, 0.717) is 0 Å². The second-order valence-electron chi connectivity index (χ2n) is 5.39. The Morgan fingerprint density at radius 2 is 1.85 bits per heavy atom. The largest absolute Gasteiger partial charge is 0.492 e. The van der Waals surface area contributed by atoms with Crippen LogP contribution in [0, 0.1) is 0 Å². The Hall–Kier alpha value is -0.250. The van der Waals surface area contributed by atoms with Crippen molar-refractivity contribution in [2.24, 2.45) is 0 Å². The molecule has 0 atom stereocenters. The lowest BCUT2D eigenvalue weighted by atomic mass is 10.2. The monoisotopic (exact) mass is 359 g/mol. The SMILES string of the molecule is Clc1ccc(OCCCCN2CCCCCC2)c(Br)c1. The maximum Gasteiger partial charge on any atom is 0.133 e. The molecular formula is C16H23BrClNO. The summed E-state index contributed by atoms with van der Waals surface area (Å²) < 4.78 is 6.71. The molecular weight excluding hydrogens is 338 g/mol. The van der Waals surface area contributed by atoms with E-state index in [4.69, 9.17) is 16.3 Å². The molecule has 0 spiro atoms. The van der Waals surface area contributed by atoms with Gasteiger partial charge in [0.05, 0.1) is 11.1 Å². The van der Waals surface area contributed by atoms with Gasteiger partial charge in [-0.15, -0.1) is 0 Å². The molecule has 0 N–H and O–H groups in total. The van der Waals surface area contributed by atoms with Gasteiger partial charge in [-0.1, -0.05) is 24.4 Å². The molecule has 4 heteroatoms. The van der Waals surface area contributed by atoms with Crippen LogP contribution < -0.4 is 4.74 Å². The number of benzene rings is 1. The zero-order chi connectivity index (χ0) is 14.2. The fraction of sp³-hybridized carbons (Fsp3) is 0.625. The fourth-order valence-corrected chi connectivity index (χ4v) is 3.37. The van der Waals surface area contributed by atoms with Gasteiger partial charge in [-0.05, 0) is 79.4 Å². The van der Waals surface area contributed by atoms with Gasteiger partial charge in [0.15, 0.2) is 0 Å². The number of unbranched alkanes of at least 4 members (excludes halogenated alkanes) is 1. The van der Waals surface area contributed by atoms with Gasteiger partial charge in [0.2, 0.25) is 0 Å². The van der Waals surface area contributed by atoms with Gasteiger partial charge in [-0.25, -0.2) is 0 Å². The third-order valence-corrected chi connectivity index (χ3v) is 4.57. The Bertz CT molecular complexity index is 405. The summed E-state index contributed by atoms with van der Waals surface area (Å²) in [5.74, 6) is 0.879. The molecule has 1 aliphatic heterocycles. The molecule has 0 aliphatic carbocycles. The highest BCUT2D eigenvalue weighted by atomic mass is 79.9. The van der Waals surface area contributed by atoms with Gasteiger partial charge in [-0.3, -0.25) is 0 Å². The van der Waals surface area contributed by atoms with Gasteiger partial charge in [0.1, 0.15) is 5.75 Å². The summed E-state index contributed by atoms with van der Waals surface area (Å²) in [5, 5.41) is 0.727. The molecule has 0 bridgehead atoms. The van der Waals surface area contributed by atoms with Crippen LogP contribution in [0.3, 0.4) is 0 Å². The van der Waals surface area contributed by atoms with Crippen molar-refractivity contribution in [3.05, 3.63) is 27.7 Å². The van der Waals surface area contributed by atoms with Crippen molar-refractivity contribution in [3.63, 3.8) is 0 Å². The molecule has 1 aliphatic rings. The Kier molecular flexibility index (Phi) is 7.18. The van der Waals surface area contributed by atoms with Gasteiger partial charge >= 0.3 is 0 Å². The van der Waals surface area contributed by atoms with Crippen molar-refractivity contribution in [2.75, 3.05) is 26.2 Å². The highest BCUT2D eigenvalue weighted by molar-refractivity contribution is 9.10. The zero-order valence-electron chi connectivity index (χ0n) is 11.9. The average molecular weight is 361 g/mol. The van der Waals surface area contributed by atoms with Crippen LogP contribution in [0.4, 0.5) is 0 Å². The number of likely N-dealkylation sites (tertiary alicyclic amines) is 1. The summed E-state index contributed by atoms with van der Waals surface area (Å²) in [7, 11) is 0. The minimum Gasteiger partial charge on any atom is -0.492 e. The summed E-state index contributed by atoms with van der Waals surface area (Å²) in [5.41, 5.74) is 0. The van der Waals surface area contributed by atoms with E-state index < -0.39 is 0 Å². The third kappa shape index (κ3) is 5.63. The first-order valence-electron chi connectivity index (χ1n) is 7.56. The van der Waals surface area contributed by atoms with Gasteiger partial charge < -0.3 is 9.64 Å². The Morgan fingerprint density at radius 3 is 2.55 bits per heavy atom. The summed E-state index contributed by atoms with van der Waals surface area (Å²) in [4.78, 5) is 2.60. The number of halogens is 2. The highest BCUT2D eigenvalue weighted by Gasteiger charge is 2.08. The molecule has 20 heavy (non-hydrogen) atoms. The standard InChI is InChI=1S/C16H23BrClNO/c17-15-13-14(18)7-8-16(15)20-12-6-5-11-19-9-3-1-2-4-10-19/h7-8,13H,1-6,9-12H2. The van der Waals surface area contributed by atoms with E-state index in [9.17, 15) is 0 Å². The second kappa shape index (κ2) is 8.91. The normalized spacial score (nSPS) is 16.9. The zero-order valence-corrected chi connectivity index (χ0v) is 14.3. The maximum absolute atomic E-state index is 5.91. The third-order valence-electron chi connectivity index (χ3n) is 3.72. The number of rotatable bonds is 6. The molecule has 1 aromatic carbocycles. The number of hydrogen-bond acceptors (Lipinski definition) is 2. The summed E-state index contributed by atoms with van der Waals surface area (Å²) >= 11 is 9.38. The van der Waals surface area contributed by atoms with Crippen molar-refractivity contribution >= 4 is 27.5 Å². The van der Waals surface area contributed by atoms with E-state index in [0.717, 1.165) is 28.3 Å². The summed E-state index contributed by atoms with van der Waals surface area (Å²) in [6.45, 7) is 4.55. The molecule has 1 saturated heterocycles. The molecule has 0 aromatic heterocycles. The first kappa shape index (κ1) is 16.1. The topological polar surface area (TPSA) is 12.5 Å². The molecule has 0 saturated carbocycles. The first-order chi connectivity index (χ1) is 9.75. The van der Waals surface area contributed by atoms with E-state index in [1.165, 1.54) is 51.7 Å². The van der Waals surface area contributed by atoms with Crippen LogP contribution in [0.1, 0.15) is 38.5 Å². The summed E-state index contributed by atoms with van der Waals surface area (Å²) in [6, 6.07) is 5.65. The van der Waals surface area contributed by atoms with E-state index in [1.807, 2.05) is 18.2 Å². The lowest BCUT2D eigenvalue weighted by Crippen LogP contribution is -2.25. The van der Waals surface area contributed by atoms with Gasteiger partial charge in [-0.2, -0.15) is 0 Å². The van der Waals surface area contributed by atoms with Gasteiger partial charge in [0.25, 0.3) is 0 Å². The van der Waals surface area contributed by atoms with Crippen LogP contribution in [-0.2, 0) is 0 Å². The lowest BCUT2D eigenvalue weighted by Gasteiger charge is -2.19. The molecule has 112 valence electrons. The molecule has 0 unspecified atom stereocenters. The molecule has 2 rings (SSSR count). The predicted octanol–water partition coefficient (Wildman–Crippen LogP) is 5.14. The molecule has 2 nitrogen and oxygen atoms in total. The second-order valence-corrected chi connectivity index (χ2v) is 6.68. The van der Waals surface area contributed by atoms with E-state index in [-0.39, 0.29) is 0 Å². The smallest absolute Gasteiger partial charge is 0.133 e. The van der Waals surface area contributed by atoms with Crippen LogP contribution in [0.5, 0.6) is 5.75 Å². The predicted molar refractivity (Wildman–Crippen MR) is 88.8 cm³/mol. The minimum absolute atomic E-state index is 0.727. The average Bonchev–Trinajstić information content (AvgIpc) is 2.69. The van der Waals surface area contributed by atoms with Crippen LogP contribution >= 0.6 is 27.5 Å². The van der Waals surface area contributed by atoms with Crippen LogP contribution in [0.2, 0.25) is 5.02 Å². The van der Waals surface area contributed by atoms with Crippen LogP contribution in [0.15, 0.2) is 22.7 Å². The van der Waals surface area contributed by atoms with Crippen molar-refractivity contribution in [2.45, 2.75) is 38.5 Å². The highest BCUT2D eigenvalue weighted by Crippen LogP contribution is 2.28.